The van der Waals surface area contributed by atoms with Crippen molar-refractivity contribution >= 4 is 69.9 Å². The molecule has 1 saturated carbocycles. The summed E-state index contributed by atoms with van der Waals surface area (Å²) in [4.78, 5) is 24.1. The van der Waals surface area contributed by atoms with Crippen LogP contribution in [-0.2, 0) is 19.1 Å². The van der Waals surface area contributed by atoms with Crippen molar-refractivity contribution in [3.63, 3.8) is 0 Å². The number of cyclic esters (lactones) is 1. The predicted octanol–water partition coefficient (Wildman–Crippen LogP) is 2.80. The zero-order valence-electron chi connectivity index (χ0n) is 13.1. The maximum absolute atomic E-state index is 12.7. The molecule has 2 aliphatic rings. The number of carbonyl (C=O) groups excluding carboxylic acids is 2. The van der Waals surface area contributed by atoms with Crippen LogP contribution in [0, 0.1) is 5.41 Å². The summed E-state index contributed by atoms with van der Waals surface area (Å²) in [6, 6.07) is 0. The van der Waals surface area contributed by atoms with Crippen molar-refractivity contribution in [3.8, 4) is 0 Å². The van der Waals surface area contributed by atoms with Crippen molar-refractivity contribution in [1.82, 2.24) is 0 Å². The number of rotatable bonds is 1. The van der Waals surface area contributed by atoms with Crippen LogP contribution < -0.4 is 0 Å². The molecule has 11 heteroatoms. The van der Waals surface area contributed by atoms with Crippen LogP contribution >= 0.6 is 58.0 Å². The molecule has 1 saturated heterocycles. The molecule has 1 aliphatic carbocycles. The Hall–Kier alpha value is 0.0500. The Kier molecular flexibility index (Phi) is 5.89. The maximum Gasteiger partial charge on any atom is 0.318 e. The minimum atomic E-state index is -2.07. The molecule has 142 valence electrons. The number of alkyl halides is 3. The third-order valence-electron chi connectivity index (χ3n) is 4.80. The van der Waals surface area contributed by atoms with Crippen molar-refractivity contribution < 1.29 is 29.3 Å². The second kappa shape index (κ2) is 6.89. The normalized spacial score (nSPS) is 38.7. The lowest BCUT2D eigenvalue weighted by Gasteiger charge is -2.57. The summed E-state index contributed by atoms with van der Waals surface area (Å²) >= 11 is 29.0. The Labute approximate surface area is 168 Å². The van der Waals surface area contributed by atoms with E-state index in [2.05, 4.69) is 0 Å². The van der Waals surface area contributed by atoms with Crippen LogP contribution in [0.15, 0.2) is 10.1 Å². The van der Waals surface area contributed by atoms with Gasteiger partial charge in [0.15, 0.2) is 6.10 Å². The average molecular weight is 457 g/mol. The molecule has 6 nitrogen and oxygen atoms in total. The predicted molar refractivity (Wildman–Crippen MR) is 92.8 cm³/mol. The highest BCUT2D eigenvalue weighted by atomic mass is 35.6. The van der Waals surface area contributed by atoms with Crippen molar-refractivity contribution in [3.05, 3.63) is 10.1 Å². The number of aliphatic hydroxyl groups is 2. The van der Waals surface area contributed by atoms with Gasteiger partial charge >= 0.3 is 11.9 Å². The lowest BCUT2D eigenvalue weighted by atomic mass is 9.57. The van der Waals surface area contributed by atoms with Gasteiger partial charge in [-0.05, 0) is 12.5 Å². The van der Waals surface area contributed by atoms with E-state index in [-0.39, 0.29) is 22.9 Å². The van der Waals surface area contributed by atoms with E-state index in [0.717, 1.165) is 6.92 Å². The fourth-order valence-electron chi connectivity index (χ4n) is 3.31. The molecule has 1 heterocycles. The highest BCUT2D eigenvalue weighted by molar-refractivity contribution is 6.68. The molecule has 1 aliphatic heterocycles. The first-order valence-electron chi connectivity index (χ1n) is 7.14. The Morgan fingerprint density at radius 1 is 1.36 bits per heavy atom. The topological polar surface area (TPSA) is 93.1 Å². The second-order valence-corrected chi connectivity index (χ2v) is 9.58. The van der Waals surface area contributed by atoms with Gasteiger partial charge in [-0.2, -0.15) is 0 Å². The van der Waals surface area contributed by atoms with Gasteiger partial charge in [-0.15, -0.1) is 0 Å². The number of hydrogen-bond acceptors (Lipinski definition) is 6. The van der Waals surface area contributed by atoms with Crippen LogP contribution in [0.1, 0.15) is 26.7 Å². The van der Waals surface area contributed by atoms with E-state index in [4.69, 9.17) is 67.5 Å². The van der Waals surface area contributed by atoms with Gasteiger partial charge < -0.3 is 19.7 Å². The molecule has 25 heavy (non-hydrogen) atoms. The zero-order valence-corrected chi connectivity index (χ0v) is 16.8. The summed E-state index contributed by atoms with van der Waals surface area (Å²) in [6.45, 7) is 2.38. The Bertz CT molecular complexity index is 628. The molecule has 0 radical (unpaired) electrons. The van der Waals surface area contributed by atoms with Crippen LogP contribution in [0.4, 0.5) is 0 Å². The molecule has 5 atom stereocenters. The molecule has 0 aromatic rings. The molecule has 2 N–H and O–H groups in total. The Balaban J connectivity index is 2.61. The van der Waals surface area contributed by atoms with Crippen LogP contribution in [0.25, 0.3) is 0 Å². The molecule has 0 amide bonds. The van der Waals surface area contributed by atoms with Gasteiger partial charge in [-0.25, -0.2) is 0 Å². The summed E-state index contributed by atoms with van der Waals surface area (Å²) in [5, 5.41) is 22.0. The van der Waals surface area contributed by atoms with Gasteiger partial charge in [0, 0.05) is 19.8 Å². The van der Waals surface area contributed by atoms with E-state index in [9.17, 15) is 19.8 Å². The second-order valence-electron chi connectivity index (χ2n) is 6.26. The van der Waals surface area contributed by atoms with E-state index < -0.39 is 45.1 Å². The van der Waals surface area contributed by atoms with Crippen molar-refractivity contribution in [1.29, 1.82) is 0 Å². The number of esters is 2. The van der Waals surface area contributed by atoms with Gasteiger partial charge in [0.2, 0.25) is 3.79 Å². The number of carbonyl (C=O) groups is 2. The first kappa shape index (κ1) is 21.4. The van der Waals surface area contributed by atoms with E-state index in [1.807, 2.05) is 0 Å². The van der Waals surface area contributed by atoms with E-state index in [1.54, 1.807) is 0 Å². The Morgan fingerprint density at radius 3 is 2.36 bits per heavy atom. The van der Waals surface area contributed by atoms with Gasteiger partial charge in [0.1, 0.15) is 21.6 Å². The molecule has 2 rings (SSSR count). The maximum atomic E-state index is 12.7. The van der Waals surface area contributed by atoms with Crippen molar-refractivity contribution in [2.45, 2.75) is 54.4 Å². The molecule has 0 aromatic carbocycles. The summed E-state index contributed by atoms with van der Waals surface area (Å²) in [5.41, 5.74) is -3.98. The molecule has 0 bridgehead atoms. The fourth-order valence-corrected chi connectivity index (χ4v) is 4.04. The number of halogens is 5. The minimum absolute atomic E-state index is 0.0334. The van der Waals surface area contributed by atoms with Gasteiger partial charge in [0.05, 0.1) is 6.10 Å². The molecular weight excluding hydrogens is 441 g/mol. The molecule has 0 spiro atoms. The van der Waals surface area contributed by atoms with Gasteiger partial charge in [-0.1, -0.05) is 58.0 Å². The zero-order chi connectivity index (χ0) is 19.4. The smallest absolute Gasteiger partial charge is 0.318 e. The average Bonchev–Trinajstić information content (AvgIpc) is 2.44. The molecule has 0 aromatic heterocycles. The van der Waals surface area contributed by atoms with Crippen molar-refractivity contribution in [2.24, 2.45) is 5.41 Å². The first-order chi connectivity index (χ1) is 11.2. The lowest BCUT2D eigenvalue weighted by Crippen LogP contribution is -2.72. The quantitative estimate of drug-likeness (QED) is 0.466. The third kappa shape index (κ3) is 3.47. The largest absolute Gasteiger partial charge is 0.459 e. The summed E-state index contributed by atoms with van der Waals surface area (Å²) in [7, 11) is 0. The highest BCUT2D eigenvalue weighted by Gasteiger charge is 2.71. The number of ether oxygens (including phenoxy) is 2. The van der Waals surface area contributed by atoms with Crippen LogP contribution in [-0.4, -0.2) is 49.9 Å². The number of aliphatic hydroxyl groups excluding tert-OH is 1. The highest BCUT2D eigenvalue weighted by Crippen LogP contribution is 2.56. The van der Waals surface area contributed by atoms with Crippen LogP contribution in [0.3, 0.4) is 0 Å². The summed E-state index contributed by atoms with van der Waals surface area (Å²) in [6.07, 6.45) is -4.74. The lowest BCUT2D eigenvalue weighted by molar-refractivity contribution is -0.256. The standard InChI is InChI=1S/C14H15Cl5O6/c1-5(20)24-7-3-6(10(15)16)9(21)12(2)11(22)25-8(14(17,18)19)4-13(7,12)23/h7-9,21,23H,3-4H2,1-2H3/t7-,8-,9-,12+,13+/m1/s1. The summed E-state index contributed by atoms with van der Waals surface area (Å²) < 4.78 is 7.98. The number of fused-ring (bicyclic) bond motifs is 1. The number of hydrogen-bond donors (Lipinski definition) is 2. The van der Waals surface area contributed by atoms with Crippen molar-refractivity contribution in [2.75, 3.05) is 0 Å². The van der Waals surface area contributed by atoms with E-state index in [0.29, 0.717) is 0 Å². The van der Waals surface area contributed by atoms with E-state index in [1.165, 1.54) is 6.92 Å². The minimum Gasteiger partial charge on any atom is -0.459 e. The fraction of sp³-hybridized carbons (Fsp3) is 0.714. The Morgan fingerprint density at radius 2 is 1.92 bits per heavy atom. The monoisotopic (exact) mass is 454 g/mol. The van der Waals surface area contributed by atoms with Gasteiger partial charge in [0.25, 0.3) is 0 Å². The molecule has 0 unspecified atom stereocenters. The van der Waals surface area contributed by atoms with Gasteiger partial charge in [-0.3, -0.25) is 9.59 Å². The van der Waals surface area contributed by atoms with Crippen LogP contribution in [0.5, 0.6) is 0 Å². The SMILES string of the molecule is CC(=O)O[C@@H]1CC(=C(Cl)Cl)[C@@H](O)[C@@]2(C)C(=O)O[C@@H](C(Cl)(Cl)Cl)C[C@]12O. The van der Waals surface area contributed by atoms with Crippen LogP contribution in [0.2, 0.25) is 0 Å². The molecule has 2 fully saturated rings. The third-order valence-corrected chi connectivity index (χ3v) is 6.02. The molecular formula is C14H15Cl5O6. The first-order valence-corrected chi connectivity index (χ1v) is 9.03. The van der Waals surface area contributed by atoms with E-state index >= 15 is 0 Å². The summed E-state index contributed by atoms with van der Waals surface area (Å²) in [5.74, 6) is -1.75.